The van der Waals surface area contributed by atoms with Crippen LogP contribution in [0.25, 0.3) is 11.5 Å². The molecule has 0 spiro atoms. The van der Waals surface area contributed by atoms with E-state index in [-0.39, 0.29) is 5.56 Å². The number of aromatic nitrogens is 4. The smallest absolute Gasteiger partial charge is 0.248 e. The van der Waals surface area contributed by atoms with Crippen LogP contribution in [0.5, 0.6) is 0 Å². The zero-order chi connectivity index (χ0) is 13.9. The number of nitrogens with one attached hydrogen (secondary N) is 2. The molecule has 0 aliphatic carbocycles. The molecule has 1 fully saturated rings. The van der Waals surface area contributed by atoms with Crippen molar-refractivity contribution in [1.29, 1.82) is 0 Å². The van der Waals surface area contributed by atoms with E-state index >= 15 is 0 Å². The molecule has 2 aromatic rings. The van der Waals surface area contributed by atoms with Gasteiger partial charge >= 0.3 is 0 Å². The van der Waals surface area contributed by atoms with E-state index in [1.165, 1.54) is 6.07 Å². The minimum atomic E-state index is -0.151. The highest BCUT2D eigenvalue weighted by Crippen LogP contribution is 2.21. The molecule has 7 nitrogen and oxygen atoms in total. The monoisotopic (exact) mass is 274 g/mol. The normalized spacial score (nSPS) is 19.2. The third-order valence-electron chi connectivity index (χ3n) is 3.63. The number of nitrogens with two attached hydrogens (primary N) is 1. The molecule has 1 aliphatic rings. The van der Waals surface area contributed by atoms with Crippen LogP contribution in [0.1, 0.15) is 12.8 Å². The van der Waals surface area contributed by atoms with E-state index in [1.54, 1.807) is 12.1 Å². The zero-order valence-corrected chi connectivity index (χ0v) is 11.2. The molecule has 7 heteroatoms. The largest absolute Gasteiger partial charge is 0.339 e. The molecule has 2 aromatic heterocycles. The molecule has 4 N–H and O–H groups in total. The molecule has 1 aliphatic heterocycles. The highest BCUT2D eigenvalue weighted by atomic mass is 16.1. The van der Waals surface area contributed by atoms with Crippen LogP contribution in [0.15, 0.2) is 23.0 Å². The van der Waals surface area contributed by atoms with Gasteiger partial charge in [0.05, 0.1) is 5.69 Å². The maximum atomic E-state index is 11.3. The molecular weight excluding hydrogens is 256 g/mol. The third-order valence-corrected chi connectivity index (χ3v) is 3.63. The molecule has 20 heavy (non-hydrogen) atoms. The lowest BCUT2D eigenvalue weighted by atomic mass is 9.99. The predicted octanol–water partition coefficient (Wildman–Crippen LogP) is 0.335. The number of aromatic amines is 2. The van der Waals surface area contributed by atoms with E-state index in [9.17, 15) is 4.79 Å². The molecule has 106 valence electrons. The van der Waals surface area contributed by atoms with Gasteiger partial charge in [0.2, 0.25) is 11.5 Å². The van der Waals surface area contributed by atoms with Crippen molar-refractivity contribution in [2.75, 3.05) is 24.5 Å². The first-order valence-corrected chi connectivity index (χ1v) is 6.83. The standard InChI is InChI=1S/C13H18N6O/c14-7-9-3-2-6-19(8-9)13-16-12(17-18-13)10-4-1-5-11(20)15-10/h1,4-5,9H,2-3,6-8,14H2,(H,15,20)(H,16,17,18). The summed E-state index contributed by atoms with van der Waals surface area (Å²) in [7, 11) is 0. The molecular formula is C13H18N6O. The summed E-state index contributed by atoms with van der Waals surface area (Å²) in [6.45, 7) is 2.53. The number of nitrogens with zero attached hydrogens (tertiary/aromatic N) is 3. The van der Waals surface area contributed by atoms with Crippen molar-refractivity contribution in [3.8, 4) is 11.5 Å². The Morgan fingerprint density at radius 1 is 1.45 bits per heavy atom. The fourth-order valence-electron chi connectivity index (χ4n) is 2.54. The van der Waals surface area contributed by atoms with E-state index in [4.69, 9.17) is 5.73 Å². The van der Waals surface area contributed by atoms with Gasteiger partial charge in [-0.05, 0) is 31.4 Å². The van der Waals surface area contributed by atoms with Crippen LogP contribution in [-0.2, 0) is 0 Å². The van der Waals surface area contributed by atoms with Gasteiger partial charge in [0.15, 0.2) is 5.82 Å². The summed E-state index contributed by atoms with van der Waals surface area (Å²) in [5.74, 6) is 1.75. The van der Waals surface area contributed by atoms with Gasteiger partial charge in [-0.2, -0.15) is 4.98 Å². The second-order valence-electron chi connectivity index (χ2n) is 5.10. The maximum Gasteiger partial charge on any atom is 0.248 e. The highest BCUT2D eigenvalue weighted by molar-refractivity contribution is 5.50. The summed E-state index contributed by atoms with van der Waals surface area (Å²) < 4.78 is 0. The van der Waals surface area contributed by atoms with E-state index in [0.29, 0.717) is 29.9 Å². The zero-order valence-electron chi connectivity index (χ0n) is 11.2. The number of hydrogen-bond acceptors (Lipinski definition) is 5. The van der Waals surface area contributed by atoms with Gasteiger partial charge in [-0.15, -0.1) is 5.10 Å². The molecule has 0 bridgehead atoms. The number of rotatable bonds is 3. The van der Waals surface area contributed by atoms with Gasteiger partial charge < -0.3 is 15.6 Å². The van der Waals surface area contributed by atoms with Crippen LogP contribution < -0.4 is 16.2 Å². The van der Waals surface area contributed by atoms with Crippen LogP contribution in [-0.4, -0.2) is 39.8 Å². The van der Waals surface area contributed by atoms with Crippen molar-refractivity contribution >= 4 is 5.95 Å². The van der Waals surface area contributed by atoms with E-state index < -0.39 is 0 Å². The molecule has 3 heterocycles. The molecule has 0 aromatic carbocycles. The Kier molecular flexibility index (Phi) is 3.51. The number of anilines is 1. The minimum Gasteiger partial charge on any atom is -0.339 e. The molecule has 3 rings (SSSR count). The van der Waals surface area contributed by atoms with Gasteiger partial charge in [0.1, 0.15) is 0 Å². The average molecular weight is 274 g/mol. The number of hydrogen-bond donors (Lipinski definition) is 3. The van der Waals surface area contributed by atoms with Gasteiger partial charge in [0, 0.05) is 19.2 Å². The summed E-state index contributed by atoms with van der Waals surface area (Å²) in [5.41, 5.74) is 6.23. The Labute approximate surface area is 116 Å². The molecule has 0 radical (unpaired) electrons. The summed E-state index contributed by atoms with van der Waals surface area (Å²) in [6, 6.07) is 4.96. The van der Waals surface area contributed by atoms with Crippen LogP contribution in [0.2, 0.25) is 0 Å². The summed E-state index contributed by atoms with van der Waals surface area (Å²) >= 11 is 0. The molecule has 1 unspecified atom stereocenters. The van der Waals surface area contributed by atoms with Crippen molar-refractivity contribution in [3.63, 3.8) is 0 Å². The minimum absolute atomic E-state index is 0.151. The van der Waals surface area contributed by atoms with Gasteiger partial charge in [-0.3, -0.25) is 9.89 Å². The Bertz CT molecular complexity index is 634. The van der Waals surface area contributed by atoms with Crippen molar-refractivity contribution < 1.29 is 0 Å². The number of H-pyrrole nitrogens is 2. The van der Waals surface area contributed by atoms with Crippen molar-refractivity contribution in [1.82, 2.24) is 20.2 Å². The molecule has 1 saturated heterocycles. The lowest BCUT2D eigenvalue weighted by Crippen LogP contribution is -2.38. The van der Waals surface area contributed by atoms with E-state index in [0.717, 1.165) is 25.9 Å². The van der Waals surface area contributed by atoms with Crippen LogP contribution in [0.4, 0.5) is 5.95 Å². The predicted molar refractivity (Wildman–Crippen MR) is 76.4 cm³/mol. The maximum absolute atomic E-state index is 11.3. The third kappa shape index (κ3) is 2.57. The quantitative estimate of drug-likeness (QED) is 0.748. The van der Waals surface area contributed by atoms with Gasteiger partial charge in [-0.1, -0.05) is 6.07 Å². The van der Waals surface area contributed by atoms with Gasteiger partial charge in [-0.25, -0.2) is 0 Å². The second kappa shape index (κ2) is 5.46. The average Bonchev–Trinajstić information content (AvgIpc) is 2.97. The number of pyridine rings is 1. The first kappa shape index (κ1) is 12.9. The van der Waals surface area contributed by atoms with Crippen LogP contribution >= 0.6 is 0 Å². The van der Waals surface area contributed by atoms with Crippen molar-refractivity contribution in [3.05, 3.63) is 28.6 Å². The Morgan fingerprint density at radius 2 is 2.35 bits per heavy atom. The summed E-state index contributed by atoms with van der Waals surface area (Å²) in [6.07, 6.45) is 2.27. The first-order chi connectivity index (χ1) is 9.76. The van der Waals surface area contributed by atoms with E-state index in [1.807, 2.05) is 0 Å². The molecule has 1 atom stereocenters. The summed E-state index contributed by atoms with van der Waals surface area (Å²) in [5, 5.41) is 7.12. The first-order valence-electron chi connectivity index (χ1n) is 6.83. The Morgan fingerprint density at radius 3 is 3.15 bits per heavy atom. The lowest BCUT2D eigenvalue weighted by Gasteiger charge is -2.31. The topological polar surface area (TPSA) is 104 Å². The molecule has 0 saturated carbocycles. The lowest BCUT2D eigenvalue weighted by molar-refractivity contribution is 0.420. The van der Waals surface area contributed by atoms with E-state index in [2.05, 4.69) is 25.1 Å². The van der Waals surface area contributed by atoms with Crippen molar-refractivity contribution in [2.45, 2.75) is 12.8 Å². The number of piperidine rings is 1. The van der Waals surface area contributed by atoms with Crippen LogP contribution in [0, 0.1) is 5.92 Å². The Hall–Kier alpha value is -2.15. The fraction of sp³-hybridized carbons (Fsp3) is 0.462. The SMILES string of the molecule is NCC1CCCN(c2n[nH]c(-c3cccc(=O)[nH]3)n2)C1. The highest BCUT2D eigenvalue weighted by Gasteiger charge is 2.21. The fourth-order valence-corrected chi connectivity index (χ4v) is 2.54. The van der Waals surface area contributed by atoms with Crippen molar-refractivity contribution in [2.24, 2.45) is 11.7 Å². The second-order valence-corrected chi connectivity index (χ2v) is 5.10. The Balaban J connectivity index is 1.81. The van der Waals surface area contributed by atoms with Gasteiger partial charge in [0.25, 0.3) is 0 Å². The molecule has 0 amide bonds. The van der Waals surface area contributed by atoms with Crippen LogP contribution in [0.3, 0.4) is 0 Å². The summed E-state index contributed by atoms with van der Waals surface area (Å²) in [4.78, 5) is 20.6.